The summed E-state index contributed by atoms with van der Waals surface area (Å²) < 4.78 is 6.77. The van der Waals surface area contributed by atoms with E-state index in [1.807, 2.05) is 48.7 Å². The minimum atomic E-state index is -0.456. The zero-order chi connectivity index (χ0) is 24.0. The van der Waals surface area contributed by atoms with E-state index in [4.69, 9.17) is 4.74 Å². The van der Waals surface area contributed by atoms with Gasteiger partial charge in [0.05, 0.1) is 13.7 Å². The molecule has 6 heteroatoms. The van der Waals surface area contributed by atoms with Gasteiger partial charge in [0, 0.05) is 29.9 Å². The van der Waals surface area contributed by atoms with Crippen LogP contribution in [0.2, 0.25) is 0 Å². The van der Waals surface area contributed by atoms with Crippen LogP contribution in [0.3, 0.4) is 0 Å². The molecule has 0 saturated heterocycles. The lowest BCUT2D eigenvalue weighted by Crippen LogP contribution is -2.43. The lowest BCUT2D eigenvalue weighted by molar-refractivity contribution is -0.128. The summed E-state index contributed by atoms with van der Waals surface area (Å²) in [5.41, 5.74) is 3.20. The lowest BCUT2D eigenvalue weighted by Gasteiger charge is -2.33. The molecule has 0 atom stereocenters. The van der Waals surface area contributed by atoms with E-state index in [-0.39, 0.29) is 24.3 Å². The third-order valence-corrected chi connectivity index (χ3v) is 6.57. The van der Waals surface area contributed by atoms with Crippen LogP contribution < -0.4 is 0 Å². The molecule has 176 valence electrons. The summed E-state index contributed by atoms with van der Waals surface area (Å²) in [6.45, 7) is 6.10. The minimum Gasteiger partial charge on any atom is -0.464 e. The Hall–Kier alpha value is -3.15. The van der Waals surface area contributed by atoms with Crippen molar-refractivity contribution in [3.63, 3.8) is 0 Å². The Morgan fingerprint density at radius 3 is 2.36 bits per heavy atom. The van der Waals surface area contributed by atoms with Gasteiger partial charge in [-0.2, -0.15) is 0 Å². The average molecular weight is 451 g/mol. The highest BCUT2D eigenvalue weighted by Gasteiger charge is 2.30. The summed E-state index contributed by atoms with van der Waals surface area (Å²) in [4.78, 5) is 40.9. The third kappa shape index (κ3) is 5.44. The highest BCUT2D eigenvalue weighted by molar-refractivity contribution is 6.05. The molecule has 2 aromatic rings. The first-order valence-electron chi connectivity index (χ1n) is 11.7. The zero-order valence-corrected chi connectivity index (χ0v) is 20.1. The molecule has 33 heavy (non-hydrogen) atoms. The quantitative estimate of drug-likeness (QED) is 0.324. The van der Waals surface area contributed by atoms with Gasteiger partial charge in [0.2, 0.25) is 5.91 Å². The molecule has 0 bridgehead atoms. The summed E-state index contributed by atoms with van der Waals surface area (Å²) in [5.74, 6) is -0.755. The second kappa shape index (κ2) is 11.1. The topological polar surface area (TPSA) is 68.6 Å². The van der Waals surface area contributed by atoms with Crippen molar-refractivity contribution in [3.8, 4) is 0 Å². The Morgan fingerprint density at radius 1 is 1.09 bits per heavy atom. The number of nitrogens with zero attached hydrogens (tertiary/aromatic N) is 2. The van der Waals surface area contributed by atoms with Gasteiger partial charge in [0.25, 0.3) is 0 Å². The van der Waals surface area contributed by atoms with Gasteiger partial charge in [-0.3, -0.25) is 9.59 Å². The van der Waals surface area contributed by atoms with Crippen molar-refractivity contribution in [2.24, 2.45) is 0 Å². The SMILES string of the molecule is CCn1c(C)c(C(=O)CN(C(=O)/C=C/c2ccccc2)C2CCCCC2)c(C)c1C(=O)OC. The number of hydrogen-bond donors (Lipinski definition) is 0. The molecule has 0 unspecified atom stereocenters. The van der Waals surface area contributed by atoms with Gasteiger partial charge in [-0.25, -0.2) is 4.79 Å². The molecule has 0 radical (unpaired) electrons. The standard InChI is InChI=1S/C27H34N2O4/c1-5-28-20(3)25(19(2)26(28)27(32)33-4)23(30)18-29(22-14-10-7-11-15-22)24(31)17-16-21-12-8-6-9-13-21/h6,8-9,12-13,16-17,22H,5,7,10-11,14-15,18H2,1-4H3/b17-16+. The molecule has 1 aliphatic carbocycles. The van der Waals surface area contributed by atoms with Crippen LogP contribution in [-0.2, 0) is 16.1 Å². The molecule has 1 aliphatic rings. The average Bonchev–Trinajstić information content (AvgIpc) is 3.10. The molecule has 0 N–H and O–H groups in total. The smallest absolute Gasteiger partial charge is 0.354 e. The normalized spacial score (nSPS) is 14.4. The van der Waals surface area contributed by atoms with Crippen LogP contribution in [-0.4, -0.2) is 46.8 Å². The minimum absolute atomic E-state index is 0.00134. The Morgan fingerprint density at radius 2 is 1.76 bits per heavy atom. The van der Waals surface area contributed by atoms with Crippen LogP contribution in [0.15, 0.2) is 36.4 Å². The number of amides is 1. The maximum atomic E-state index is 13.5. The highest BCUT2D eigenvalue weighted by atomic mass is 16.5. The predicted octanol–water partition coefficient (Wildman–Crippen LogP) is 4.97. The maximum absolute atomic E-state index is 13.5. The number of carbonyl (C=O) groups excluding carboxylic acids is 3. The molecular formula is C27H34N2O4. The molecule has 6 nitrogen and oxygen atoms in total. The summed E-state index contributed by atoms with van der Waals surface area (Å²) in [5, 5.41) is 0. The van der Waals surface area contributed by atoms with Gasteiger partial charge in [-0.15, -0.1) is 0 Å². The predicted molar refractivity (Wildman–Crippen MR) is 129 cm³/mol. The van der Waals surface area contributed by atoms with Crippen LogP contribution in [0.25, 0.3) is 6.08 Å². The molecule has 1 fully saturated rings. The highest BCUT2D eigenvalue weighted by Crippen LogP contribution is 2.27. The monoisotopic (exact) mass is 450 g/mol. The molecule has 1 saturated carbocycles. The summed E-state index contributed by atoms with van der Waals surface area (Å²) in [6, 6.07) is 9.71. The van der Waals surface area contributed by atoms with Gasteiger partial charge in [0.1, 0.15) is 5.69 Å². The van der Waals surface area contributed by atoms with Crippen molar-refractivity contribution >= 4 is 23.7 Å². The van der Waals surface area contributed by atoms with Crippen molar-refractivity contribution in [3.05, 3.63) is 64.5 Å². The number of methoxy groups -OCH3 is 1. The van der Waals surface area contributed by atoms with Crippen molar-refractivity contribution < 1.29 is 19.1 Å². The van der Waals surface area contributed by atoms with Crippen LogP contribution in [0.4, 0.5) is 0 Å². The Labute approximate surface area is 196 Å². The molecule has 0 spiro atoms. The number of rotatable bonds is 8. The molecule has 1 aromatic carbocycles. The van der Waals surface area contributed by atoms with E-state index in [0.29, 0.717) is 23.4 Å². The van der Waals surface area contributed by atoms with Crippen LogP contribution >= 0.6 is 0 Å². The second-order valence-corrected chi connectivity index (χ2v) is 8.60. The van der Waals surface area contributed by atoms with E-state index in [9.17, 15) is 14.4 Å². The summed E-state index contributed by atoms with van der Waals surface area (Å²) >= 11 is 0. The fourth-order valence-corrected chi connectivity index (χ4v) is 4.90. The molecular weight excluding hydrogens is 416 g/mol. The van der Waals surface area contributed by atoms with E-state index in [1.165, 1.54) is 7.11 Å². The number of esters is 1. The fraction of sp³-hybridized carbons (Fsp3) is 0.444. The van der Waals surface area contributed by atoms with E-state index < -0.39 is 5.97 Å². The van der Waals surface area contributed by atoms with Crippen molar-refractivity contribution in [1.82, 2.24) is 9.47 Å². The molecule has 1 amide bonds. The molecule has 1 heterocycles. The first-order valence-corrected chi connectivity index (χ1v) is 11.7. The van der Waals surface area contributed by atoms with Gasteiger partial charge in [0.15, 0.2) is 5.78 Å². The van der Waals surface area contributed by atoms with Crippen LogP contribution in [0.1, 0.15) is 76.7 Å². The molecule has 3 rings (SSSR count). The summed E-state index contributed by atoms with van der Waals surface area (Å²) in [7, 11) is 1.34. The Bertz CT molecular complexity index is 1030. The number of ketones is 1. The van der Waals surface area contributed by atoms with E-state index in [1.54, 1.807) is 24.0 Å². The molecule has 1 aromatic heterocycles. The fourth-order valence-electron chi connectivity index (χ4n) is 4.90. The summed E-state index contributed by atoms with van der Waals surface area (Å²) in [6.07, 6.45) is 8.44. The van der Waals surface area contributed by atoms with E-state index in [2.05, 4.69) is 0 Å². The van der Waals surface area contributed by atoms with Crippen molar-refractivity contribution in [1.29, 1.82) is 0 Å². The first-order chi connectivity index (χ1) is 15.9. The number of Topliss-reactive ketones (excluding diaryl/α,β-unsaturated/α-hetero) is 1. The number of carbonyl (C=O) groups is 3. The largest absolute Gasteiger partial charge is 0.464 e. The van der Waals surface area contributed by atoms with Crippen molar-refractivity contribution in [2.45, 2.75) is 65.5 Å². The maximum Gasteiger partial charge on any atom is 0.354 e. The number of hydrogen-bond acceptors (Lipinski definition) is 4. The zero-order valence-electron chi connectivity index (χ0n) is 20.1. The van der Waals surface area contributed by atoms with Crippen LogP contribution in [0.5, 0.6) is 0 Å². The van der Waals surface area contributed by atoms with Gasteiger partial charge in [-0.1, -0.05) is 49.6 Å². The van der Waals surface area contributed by atoms with E-state index in [0.717, 1.165) is 43.4 Å². The number of benzene rings is 1. The third-order valence-electron chi connectivity index (χ3n) is 6.57. The van der Waals surface area contributed by atoms with Crippen LogP contribution in [0, 0.1) is 13.8 Å². The first kappa shape index (κ1) is 24.5. The van der Waals surface area contributed by atoms with E-state index >= 15 is 0 Å². The van der Waals surface area contributed by atoms with Gasteiger partial charge in [-0.05, 0) is 50.8 Å². The Balaban J connectivity index is 1.90. The van der Waals surface area contributed by atoms with Crippen molar-refractivity contribution in [2.75, 3.05) is 13.7 Å². The molecule has 0 aliphatic heterocycles. The van der Waals surface area contributed by atoms with Gasteiger partial charge < -0.3 is 14.2 Å². The Kier molecular flexibility index (Phi) is 8.26. The van der Waals surface area contributed by atoms with Gasteiger partial charge >= 0.3 is 5.97 Å². The number of ether oxygens (including phenoxy) is 1. The second-order valence-electron chi connectivity index (χ2n) is 8.60. The number of aromatic nitrogens is 1. The lowest BCUT2D eigenvalue weighted by atomic mass is 9.93.